The van der Waals surface area contributed by atoms with Crippen molar-refractivity contribution in [3.8, 4) is 10.4 Å². The standard InChI is InChI=1S/C31H44N6O7S/c1-6-25(40)33-11-12-44-16-26(41)36-28(31(3,4)5)30(43)37-15-21(38)13-23(37)29(42)35-22(14-24(32)39)19-7-9-20(10-8-19)27-18(2)34-17-45-27/h7-10,17,21-23,28,38H,6,11-16H2,1-5H3,(H2,32,39)(H,33,40)(H,35,42)(H,36,41)/t21-,22-,23+,28-/m1/s1. The van der Waals surface area contributed by atoms with Gasteiger partial charge in [0.25, 0.3) is 0 Å². The van der Waals surface area contributed by atoms with Gasteiger partial charge in [0.15, 0.2) is 0 Å². The third-order valence-electron chi connectivity index (χ3n) is 7.45. The van der Waals surface area contributed by atoms with Gasteiger partial charge >= 0.3 is 0 Å². The highest BCUT2D eigenvalue weighted by Gasteiger charge is 2.45. The minimum absolute atomic E-state index is 0.0120. The van der Waals surface area contributed by atoms with Crippen molar-refractivity contribution in [2.45, 2.75) is 78.1 Å². The monoisotopic (exact) mass is 644 g/mol. The van der Waals surface area contributed by atoms with E-state index >= 15 is 0 Å². The Bertz CT molecular complexity index is 1360. The summed E-state index contributed by atoms with van der Waals surface area (Å²) in [6, 6.07) is 4.54. The van der Waals surface area contributed by atoms with Crippen LogP contribution in [0.3, 0.4) is 0 Å². The number of β-amino-alcohol motifs (C(OH)–C–C–N with tert-alkyl or cyclic N) is 1. The van der Waals surface area contributed by atoms with E-state index in [4.69, 9.17) is 10.5 Å². The summed E-state index contributed by atoms with van der Waals surface area (Å²) >= 11 is 1.51. The van der Waals surface area contributed by atoms with Gasteiger partial charge in [-0.25, -0.2) is 4.98 Å². The van der Waals surface area contributed by atoms with Crippen LogP contribution in [0, 0.1) is 12.3 Å². The van der Waals surface area contributed by atoms with Crippen LogP contribution in [-0.2, 0) is 28.7 Å². The second-order valence-corrected chi connectivity index (χ2v) is 13.0. The van der Waals surface area contributed by atoms with Crippen LogP contribution in [0.15, 0.2) is 29.8 Å². The maximum Gasteiger partial charge on any atom is 0.246 e. The molecule has 2 heterocycles. The number of aryl methyl sites for hydroxylation is 1. The lowest BCUT2D eigenvalue weighted by atomic mass is 9.85. The predicted octanol–water partition coefficient (Wildman–Crippen LogP) is 1.19. The molecule has 0 saturated carbocycles. The van der Waals surface area contributed by atoms with Crippen LogP contribution in [0.4, 0.5) is 0 Å². The second kappa shape index (κ2) is 15.9. The molecule has 6 N–H and O–H groups in total. The van der Waals surface area contributed by atoms with Crippen LogP contribution in [0.5, 0.6) is 0 Å². The van der Waals surface area contributed by atoms with E-state index in [0.717, 1.165) is 16.1 Å². The van der Waals surface area contributed by atoms with Gasteiger partial charge in [-0.2, -0.15) is 0 Å². The maximum atomic E-state index is 13.8. The van der Waals surface area contributed by atoms with Crippen molar-refractivity contribution in [3.63, 3.8) is 0 Å². The number of amides is 5. The Morgan fingerprint density at radius 2 is 1.82 bits per heavy atom. The predicted molar refractivity (Wildman–Crippen MR) is 169 cm³/mol. The minimum Gasteiger partial charge on any atom is -0.391 e. The first-order chi connectivity index (χ1) is 21.2. The molecule has 2 aromatic rings. The quantitative estimate of drug-likeness (QED) is 0.189. The lowest BCUT2D eigenvalue weighted by molar-refractivity contribution is -0.144. The molecule has 14 heteroatoms. The highest BCUT2D eigenvalue weighted by Crippen LogP contribution is 2.30. The summed E-state index contributed by atoms with van der Waals surface area (Å²) in [5.74, 6) is -2.37. The highest BCUT2D eigenvalue weighted by molar-refractivity contribution is 7.13. The number of benzene rings is 1. The number of aliphatic hydroxyl groups is 1. The molecule has 1 aromatic heterocycles. The van der Waals surface area contributed by atoms with Crippen LogP contribution >= 0.6 is 11.3 Å². The van der Waals surface area contributed by atoms with E-state index in [1.807, 2.05) is 19.1 Å². The van der Waals surface area contributed by atoms with Gasteiger partial charge in [0, 0.05) is 25.9 Å². The molecule has 0 bridgehead atoms. The van der Waals surface area contributed by atoms with Crippen molar-refractivity contribution < 1.29 is 33.8 Å². The van der Waals surface area contributed by atoms with E-state index in [-0.39, 0.29) is 45.1 Å². The van der Waals surface area contributed by atoms with E-state index in [0.29, 0.717) is 12.0 Å². The Labute approximate surface area is 267 Å². The van der Waals surface area contributed by atoms with Crippen molar-refractivity contribution in [1.29, 1.82) is 0 Å². The number of nitrogens with two attached hydrogens (primary N) is 1. The molecule has 1 aliphatic heterocycles. The Morgan fingerprint density at radius 1 is 1.13 bits per heavy atom. The molecule has 5 amide bonds. The molecular formula is C31H44N6O7S. The summed E-state index contributed by atoms with van der Waals surface area (Å²) in [5, 5.41) is 18.7. The van der Waals surface area contributed by atoms with Crippen molar-refractivity contribution in [2.24, 2.45) is 11.1 Å². The topological polar surface area (TPSA) is 193 Å². The number of aromatic nitrogens is 1. The van der Waals surface area contributed by atoms with Crippen LogP contribution in [0.1, 0.15) is 64.3 Å². The molecule has 4 atom stereocenters. The number of rotatable bonds is 14. The summed E-state index contributed by atoms with van der Waals surface area (Å²) in [7, 11) is 0. The normalized spacial score (nSPS) is 17.8. The number of nitrogens with zero attached hydrogens (tertiary/aromatic N) is 2. The Hall–Kier alpha value is -3.88. The Morgan fingerprint density at radius 3 is 2.40 bits per heavy atom. The fourth-order valence-corrected chi connectivity index (χ4v) is 5.85. The molecule has 3 rings (SSSR count). The van der Waals surface area contributed by atoms with E-state index < -0.39 is 53.3 Å². The van der Waals surface area contributed by atoms with E-state index in [1.54, 1.807) is 45.3 Å². The number of hydrogen-bond donors (Lipinski definition) is 5. The van der Waals surface area contributed by atoms with Crippen LogP contribution < -0.4 is 21.7 Å². The zero-order chi connectivity index (χ0) is 33.3. The molecule has 1 saturated heterocycles. The largest absolute Gasteiger partial charge is 0.391 e. The Balaban J connectivity index is 1.71. The molecule has 246 valence electrons. The number of aliphatic hydroxyl groups excluding tert-OH is 1. The van der Waals surface area contributed by atoms with Gasteiger partial charge in [0.1, 0.15) is 18.7 Å². The third kappa shape index (κ3) is 10.1. The first-order valence-electron chi connectivity index (χ1n) is 14.9. The summed E-state index contributed by atoms with van der Waals surface area (Å²) in [6.45, 7) is 8.91. The second-order valence-electron chi connectivity index (χ2n) is 12.1. The molecule has 1 aromatic carbocycles. The zero-order valence-electron chi connectivity index (χ0n) is 26.4. The van der Waals surface area contributed by atoms with Crippen molar-refractivity contribution >= 4 is 40.9 Å². The van der Waals surface area contributed by atoms with Crippen molar-refractivity contribution in [3.05, 3.63) is 41.0 Å². The molecule has 0 spiro atoms. The van der Waals surface area contributed by atoms with Crippen LogP contribution in [0.25, 0.3) is 10.4 Å². The van der Waals surface area contributed by atoms with E-state index in [1.165, 1.54) is 16.2 Å². The molecule has 45 heavy (non-hydrogen) atoms. The summed E-state index contributed by atoms with van der Waals surface area (Å²) in [6.07, 6.45) is -0.801. The average Bonchev–Trinajstić information content (AvgIpc) is 3.59. The van der Waals surface area contributed by atoms with Crippen molar-refractivity contribution in [1.82, 2.24) is 25.8 Å². The molecule has 0 unspecified atom stereocenters. The number of carbonyl (C=O) groups excluding carboxylic acids is 5. The number of ether oxygens (including phenoxy) is 1. The van der Waals surface area contributed by atoms with Gasteiger partial charge in [0.2, 0.25) is 29.5 Å². The van der Waals surface area contributed by atoms with Gasteiger partial charge in [-0.05, 0) is 23.5 Å². The van der Waals surface area contributed by atoms with Gasteiger partial charge in [-0.3, -0.25) is 24.0 Å². The van der Waals surface area contributed by atoms with Crippen LogP contribution in [0.2, 0.25) is 0 Å². The zero-order valence-corrected chi connectivity index (χ0v) is 27.2. The first-order valence-corrected chi connectivity index (χ1v) is 15.8. The van der Waals surface area contributed by atoms with E-state index in [9.17, 15) is 29.1 Å². The molecular weight excluding hydrogens is 600 g/mol. The smallest absolute Gasteiger partial charge is 0.246 e. The van der Waals surface area contributed by atoms with Crippen molar-refractivity contribution in [2.75, 3.05) is 26.3 Å². The van der Waals surface area contributed by atoms with Gasteiger partial charge in [-0.1, -0.05) is 52.0 Å². The first kappa shape index (κ1) is 35.6. The minimum atomic E-state index is -1.04. The van der Waals surface area contributed by atoms with Gasteiger partial charge in [-0.15, -0.1) is 11.3 Å². The fraction of sp³-hybridized carbons (Fsp3) is 0.548. The van der Waals surface area contributed by atoms with E-state index in [2.05, 4.69) is 20.9 Å². The molecule has 1 fully saturated rings. The Kier molecular flexibility index (Phi) is 12.6. The maximum absolute atomic E-state index is 13.8. The molecule has 1 aliphatic rings. The number of primary amides is 1. The SMILES string of the molecule is CCC(=O)NCCOCC(=O)N[C@H](C(=O)N1C[C@H](O)C[C@H]1C(=O)N[C@H](CC(N)=O)c1ccc(-c2scnc2C)cc1)C(C)(C)C. The third-order valence-corrected chi connectivity index (χ3v) is 8.43. The molecule has 0 radical (unpaired) electrons. The number of hydrogen-bond acceptors (Lipinski definition) is 9. The summed E-state index contributed by atoms with van der Waals surface area (Å²) in [4.78, 5) is 70.0. The highest BCUT2D eigenvalue weighted by atomic mass is 32.1. The van der Waals surface area contributed by atoms with Crippen LogP contribution in [-0.4, -0.2) is 89.0 Å². The lowest BCUT2D eigenvalue weighted by Crippen LogP contribution is -2.58. The summed E-state index contributed by atoms with van der Waals surface area (Å²) < 4.78 is 5.34. The summed E-state index contributed by atoms with van der Waals surface area (Å²) in [5.41, 5.74) is 9.03. The number of likely N-dealkylation sites (tertiary alicyclic amines) is 1. The number of carbonyl (C=O) groups is 5. The lowest BCUT2D eigenvalue weighted by Gasteiger charge is -2.35. The van der Waals surface area contributed by atoms with Gasteiger partial charge in [0.05, 0.1) is 41.3 Å². The fourth-order valence-electron chi connectivity index (χ4n) is 5.04. The van der Waals surface area contributed by atoms with Gasteiger partial charge < -0.3 is 36.4 Å². The number of nitrogens with one attached hydrogen (secondary N) is 3. The average molecular weight is 645 g/mol. The molecule has 0 aliphatic carbocycles. The number of thiazole rings is 1. The molecule has 13 nitrogen and oxygen atoms in total.